The fourth-order valence-electron chi connectivity index (χ4n) is 2.68. The number of furan rings is 1. The van der Waals surface area contributed by atoms with Crippen molar-refractivity contribution < 1.29 is 9.15 Å². The molecule has 21 heavy (non-hydrogen) atoms. The first kappa shape index (κ1) is 13.7. The van der Waals surface area contributed by atoms with Crippen LogP contribution in [0.15, 0.2) is 59.2 Å². The summed E-state index contributed by atoms with van der Waals surface area (Å²) in [4.78, 5) is 0. The van der Waals surface area contributed by atoms with E-state index in [-0.39, 0.29) is 6.04 Å². The Morgan fingerprint density at radius 1 is 1.14 bits per heavy atom. The molecule has 3 rings (SSSR count). The van der Waals surface area contributed by atoms with Crippen molar-refractivity contribution in [2.24, 2.45) is 0 Å². The topological polar surface area (TPSA) is 34.4 Å². The molecule has 0 aliphatic carbocycles. The van der Waals surface area contributed by atoms with Gasteiger partial charge in [-0.1, -0.05) is 24.3 Å². The molecule has 1 N–H and O–H groups in total. The monoisotopic (exact) mass is 281 g/mol. The van der Waals surface area contributed by atoms with E-state index in [1.165, 1.54) is 16.3 Å². The summed E-state index contributed by atoms with van der Waals surface area (Å²) in [6.45, 7) is 0. The number of rotatable bonds is 5. The molecule has 1 atom stereocenters. The molecule has 108 valence electrons. The lowest BCUT2D eigenvalue weighted by Gasteiger charge is -2.15. The lowest BCUT2D eigenvalue weighted by Crippen LogP contribution is -2.18. The lowest BCUT2D eigenvalue weighted by molar-refractivity contribution is 0.415. The minimum Gasteiger partial charge on any atom is -0.497 e. The molecule has 0 bridgehead atoms. The lowest BCUT2D eigenvalue weighted by atomic mass is 9.97. The molecule has 0 aliphatic heterocycles. The first-order valence-corrected chi connectivity index (χ1v) is 7.08. The number of hydrogen-bond acceptors (Lipinski definition) is 3. The van der Waals surface area contributed by atoms with Crippen LogP contribution in [0.4, 0.5) is 0 Å². The summed E-state index contributed by atoms with van der Waals surface area (Å²) in [5.74, 6) is 1.84. The van der Waals surface area contributed by atoms with E-state index in [0.29, 0.717) is 0 Å². The summed E-state index contributed by atoms with van der Waals surface area (Å²) in [5, 5.41) is 5.77. The molecular formula is C18H19NO2. The van der Waals surface area contributed by atoms with Gasteiger partial charge in [0, 0.05) is 0 Å². The van der Waals surface area contributed by atoms with Crippen molar-refractivity contribution in [2.45, 2.75) is 12.5 Å². The molecule has 1 unspecified atom stereocenters. The Morgan fingerprint density at radius 2 is 2.05 bits per heavy atom. The van der Waals surface area contributed by atoms with Crippen LogP contribution in [0.3, 0.4) is 0 Å². The maximum atomic E-state index is 5.53. The average Bonchev–Trinajstić information content (AvgIpc) is 3.06. The fourth-order valence-corrected chi connectivity index (χ4v) is 2.68. The van der Waals surface area contributed by atoms with Crippen LogP contribution < -0.4 is 10.1 Å². The van der Waals surface area contributed by atoms with E-state index in [4.69, 9.17) is 9.15 Å². The second kappa shape index (κ2) is 6.02. The van der Waals surface area contributed by atoms with Crippen molar-refractivity contribution in [1.29, 1.82) is 0 Å². The molecule has 0 fully saturated rings. The smallest absolute Gasteiger partial charge is 0.121 e. The first-order chi connectivity index (χ1) is 10.3. The standard InChI is InChI=1S/C18H19NO2/c1-19-17(18-7-4-10-21-18)11-14-6-3-5-13-8-9-15(20-2)12-16(13)14/h3-10,12,17,19H,11H2,1-2H3. The predicted octanol–water partition coefficient (Wildman–Crippen LogP) is 3.94. The molecule has 0 saturated heterocycles. The highest BCUT2D eigenvalue weighted by Crippen LogP contribution is 2.27. The van der Waals surface area contributed by atoms with Crippen LogP contribution in [-0.4, -0.2) is 14.2 Å². The van der Waals surface area contributed by atoms with Gasteiger partial charge in [-0.3, -0.25) is 0 Å². The Labute approximate surface area is 124 Å². The molecule has 0 radical (unpaired) electrons. The van der Waals surface area contributed by atoms with Gasteiger partial charge in [-0.25, -0.2) is 0 Å². The van der Waals surface area contributed by atoms with Crippen LogP contribution in [-0.2, 0) is 6.42 Å². The van der Waals surface area contributed by atoms with Gasteiger partial charge in [0.25, 0.3) is 0 Å². The first-order valence-electron chi connectivity index (χ1n) is 7.08. The normalized spacial score (nSPS) is 12.5. The zero-order valence-corrected chi connectivity index (χ0v) is 12.3. The molecule has 0 saturated carbocycles. The van der Waals surface area contributed by atoms with Crippen molar-refractivity contribution in [3.63, 3.8) is 0 Å². The number of nitrogens with one attached hydrogen (secondary N) is 1. The largest absolute Gasteiger partial charge is 0.497 e. The third kappa shape index (κ3) is 2.78. The minimum absolute atomic E-state index is 0.164. The number of fused-ring (bicyclic) bond motifs is 1. The third-order valence-electron chi connectivity index (χ3n) is 3.84. The van der Waals surface area contributed by atoms with Crippen molar-refractivity contribution in [2.75, 3.05) is 14.2 Å². The zero-order valence-electron chi connectivity index (χ0n) is 12.3. The van der Waals surface area contributed by atoms with Crippen LogP contribution in [0, 0.1) is 0 Å². The van der Waals surface area contributed by atoms with Crippen molar-refractivity contribution in [3.8, 4) is 5.75 Å². The highest BCUT2D eigenvalue weighted by molar-refractivity contribution is 5.87. The van der Waals surface area contributed by atoms with E-state index < -0.39 is 0 Å². The molecule has 2 aromatic carbocycles. The zero-order chi connectivity index (χ0) is 14.7. The van der Waals surface area contributed by atoms with Crippen LogP contribution >= 0.6 is 0 Å². The molecular weight excluding hydrogens is 262 g/mol. The van der Waals surface area contributed by atoms with E-state index in [9.17, 15) is 0 Å². The second-order valence-electron chi connectivity index (χ2n) is 5.07. The van der Waals surface area contributed by atoms with Gasteiger partial charge in [0.05, 0.1) is 19.4 Å². The maximum Gasteiger partial charge on any atom is 0.121 e. The van der Waals surface area contributed by atoms with Gasteiger partial charge in [0.15, 0.2) is 0 Å². The maximum absolute atomic E-state index is 5.53. The van der Waals surface area contributed by atoms with Gasteiger partial charge in [-0.2, -0.15) is 0 Å². The predicted molar refractivity (Wildman–Crippen MR) is 84.7 cm³/mol. The summed E-state index contributed by atoms with van der Waals surface area (Å²) < 4.78 is 10.9. The summed E-state index contributed by atoms with van der Waals surface area (Å²) in [7, 11) is 3.65. The fraction of sp³-hybridized carbons (Fsp3) is 0.222. The van der Waals surface area contributed by atoms with Crippen molar-refractivity contribution in [1.82, 2.24) is 5.32 Å². The van der Waals surface area contributed by atoms with Crippen LogP contribution in [0.25, 0.3) is 10.8 Å². The number of likely N-dealkylation sites (N-methyl/N-ethyl adjacent to an activating group) is 1. The second-order valence-corrected chi connectivity index (χ2v) is 5.07. The SMILES string of the molecule is CNC(Cc1cccc2ccc(OC)cc12)c1ccco1. The summed E-state index contributed by atoms with van der Waals surface area (Å²) in [6, 6.07) is 16.7. The molecule has 1 aromatic heterocycles. The molecule has 0 aliphatic rings. The molecule has 3 nitrogen and oxygen atoms in total. The molecule has 3 aromatic rings. The van der Waals surface area contributed by atoms with E-state index in [2.05, 4.69) is 35.6 Å². The number of hydrogen-bond donors (Lipinski definition) is 1. The highest BCUT2D eigenvalue weighted by Gasteiger charge is 2.14. The quantitative estimate of drug-likeness (QED) is 0.769. The van der Waals surface area contributed by atoms with Crippen LogP contribution in [0.1, 0.15) is 17.4 Å². The Morgan fingerprint density at radius 3 is 2.76 bits per heavy atom. The molecule has 0 amide bonds. The van der Waals surface area contributed by atoms with Crippen LogP contribution in [0.2, 0.25) is 0 Å². The molecule has 0 spiro atoms. The number of ether oxygens (including phenoxy) is 1. The van der Waals surface area contributed by atoms with Crippen LogP contribution in [0.5, 0.6) is 5.75 Å². The summed E-state index contributed by atoms with van der Waals surface area (Å²) >= 11 is 0. The number of methoxy groups -OCH3 is 1. The Kier molecular flexibility index (Phi) is 3.93. The van der Waals surface area contributed by atoms with Crippen molar-refractivity contribution >= 4 is 10.8 Å². The molecule has 3 heteroatoms. The number of benzene rings is 2. The Hall–Kier alpha value is -2.26. The van der Waals surface area contributed by atoms with Gasteiger partial charge >= 0.3 is 0 Å². The van der Waals surface area contributed by atoms with Gasteiger partial charge in [0.2, 0.25) is 0 Å². The van der Waals surface area contributed by atoms with Gasteiger partial charge in [-0.15, -0.1) is 0 Å². The minimum atomic E-state index is 0.164. The van der Waals surface area contributed by atoms with Crippen molar-refractivity contribution in [3.05, 3.63) is 66.1 Å². The molecule has 1 heterocycles. The van der Waals surface area contributed by atoms with E-state index in [0.717, 1.165) is 17.9 Å². The third-order valence-corrected chi connectivity index (χ3v) is 3.84. The Balaban J connectivity index is 1.99. The van der Waals surface area contributed by atoms with Gasteiger partial charge < -0.3 is 14.5 Å². The Bertz CT molecular complexity index is 719. The van der Waals surface area contributed by atoms with Gasteiger partial charge in [-0.05, 0) is 54.1 Å². The van der Waals surface area contributed by atoms with E-state index in [1.807, 2.05) is 25.2 Å². The van der Waals surface area contributed by atoms with E-state index in [1.54, 1.807) is 13.4 Å². The highest BCUT2D eigenvalue weighted by atomic mass is 16.5. The average molecular weight is 281 g/mol. The summed E-state index contributed by atoms with van der Waals surface area (Å²) in [6.07, 6.45) is 2.58. The van der Waals surface area contributed by atoms with Gasteiger partial charge in [0.1, 0.15) is 11.5 Å². The summed E-state index contributed by atoms with van der Waals surface area (Å²) in [5.41, 5.74) is 1.28. The van der Waals surface area contributed by atoms with E-state index >= 15 is 0 Å².